The van der Waals surface area contributed by atoms with E-state index in [1.807, 2.05) is 0 Å². The Morgan fingerprint density at radius 1 is 1.38 bits per heavy atom. The number of halogens is 1. The molecule has 0 saturated carbocycles. The molecule has 0 aliphatic carbocycles. The Morgan fingerprint density at radius 2 is 2.06 bits per heavy atom. The first kappa shape index (κ1) is 11.2. The van der Waals surface area contributed by atoms with Gasteiger partial charge in [-0.25, -0.2) is 4.39 Å². The van der Waals surface area contributed by atoms with Crippen molar-refractivity contribution in [2.75, 3.05) is 6.79 Å². The van der Waals surface area contributed by atoms with Crippen LogP contribution in [-0.4, -0.2) is 11.9 Å². The maximum atomic E-state index is 13.9. The number of hydrogen-bond acceptors (Lipinski definition) is 3. The molecule has 0 saturated heterocycles. The van der Waals surface area contributed by atoms with Crippen LogP contribution >= 0.6 is 0 Å². The maximum absolute atomic E-state index is 13.9. The third-order valence-corrected chi connectivity index (χ3v) is 2.64. The number of aliphatic hydroxyl groups excluding tert-OH is 1. The van der Waals surface area contributed by atoms with Crippen LogP contribution in [0.25, 0.3) is 0 Å². The van der Waals surface area contributed by atoms with Crippen molar-refractivity contribution >= 4 is 0 Å². The van der Waals surface area contributed by atoms with Crippen molar-refractivity contribution in [3.8, 4) is 11.5 Å². The summed E-state index contributed by atoms with van der Waals surface area (Å²) in [6.07, 6.45) is -0.710. The Bertz CT molecular complexity index is 407. The van der Waals surface area contributed by atoms with Crippen molar-refractivity contribution < 1.29 is 19.0 Å². The molecule has 0 spiro atoms. The predicted molar refractivity (Wildman–Crippen MR) is 57.3 cm³/mol. The largest absolute Gasteiger partial charge is 0.454 e. The van der Waals surface area contributed by atoms with Crippen molar-refractivity contribution in [3.05, 3.63) is 23.3 Å². The lowest BCUT2D eigenvalue weighted by molar-refractivity contribution is 0.164. The Hall–Kier alpha value is -1.29. The van der Waals surface area contributed by atoms with Crippen molar-refractivity contribution in [1.82, 2.24) is 0 Å². The molecule has 0 aromatic heterocycles. The van der Waals surface area contributed by atoms with E-state index in [1.54, 1.807) is 19.1 Å². The topological polar surface area (TPSA) is 38.7 Å². The van der Waals surface area contributed by atoms with E-state index in [-0.39, 0.29) is 6.79 Å². The van der Waals surface area contributed by atoms with Gasteiger partial charge in [0.2, 0.25) is 6.79 Å². The second kappa shape index (κ2) is 3.63. The van der Waals surface area contributed by atoms with Crippen molar-refractivity contribution in [1.29, 1.82) is 0 Å². The number of fused-ring (bicyclic) bond motifs is 1. The highest BCUT2D eigenvalue weighted by molar-refractivity contribution is 5.52. The summed E-state index contributed by atoms with van der Waals surface area (Å²) in [6.45, 7) is 4.67. The monoisotopic (exact) mass is 226 g/mol. The van der Waals surface area contributed by atoms with Crippen molar-refractivity contribution in [3.63, 3.8) is 0 Å². The number of aliphatic hydroxyl groups is 1. The van der Waals surface area contributed by atoms with E-state index >= 15 is 0 Å². The standard InChI is InChI=1S/C12H15FO3/c1-7(14)9-4-8(12(2,3)13)5-10-11(9)16-6-15-10/h4-5,7,14H,6H2,1-3H3. The molecule has 0 bridgehead atoms. The zero-order chi connectivity index (χ0) is 11.9. The highest BCUT2D eigenvalue weighted by Gasteiger charge is 2.27. The van der Waals surface area contributed by atoms with Crippen molar-refractivity contribution in [2.24, 2.45) is 0 Å². The SMILES string of the molecule is CC(O)c1cc(C(C)(C)F)cc2c1OCO2. The number of alkyl halides is 1. The fourth-order valence-electron chi connectivity index (χ4n) is 1.69. The Labute approximate surface area is 93.8 Å². The third-order valence-electron chi connectivity index (χ3n) is 2.64. The highest BCUT2D eigenvalue weighted by Crippen LogP contribution is 2.42. The van der Waals surface area contributed by atoms with E-state index in [2.05, 4.69) is 0 Å². The summed E-state index contributed by atoms with van der Waals surface area (Å²) in [5.41, 5.74) is -0.423. The van der Waals surface area contributed by atoms with E-state index < -0.39 is 11.8 Å². The molecule has 1 unspecified atom stereocenters. The third kappa shape index (κ3) is 1.85. The van der Waals surface area contributed by atoms with Gasteiger partial charge in [-0.3, -0.25) is 0 Å². The van der Waals surface area contributed by atoms with Crippen LogP contribution in [0.1, 0.15) is 38.0 Å². The average Bonchev–Trinajstić information content (AvgIpc) is 2.61. The minimum Gasteiger partial charge on any atom is -0.454 e. The lowest BCUT2D eigenvalue weighted by Gasteiger charge is -2.18. The number of benzene rings is 1. The summed E-state index contributed by atoms with van der Waals surface area (Å²) in [7, 11) is 0. The summed E-state index contributed by atoms with van der Waals surface area (Å²) in [5.74, 6) is 1.02. The van der Waals surface area contributed by atoms with Crippen LogP contribution in [0.5, 0.6) is 11.5 Å². The van der Waals surface area contributed by atoms with Crippen LogP contribution in [0.15, 0.2) is 12.1 Å². The zero-order valence-electron chi connectivity index (χ0n) is 9.58. The van der Waals surface area contributed by atoms with Crippen LogP contribution in [0.4, 0.5) is 4.39 Å². The van der Waals surface area contributed by atoms with Gasteiger partial charge in [-0.05, 0) is 38.5 Å². The molecular weight excluding hydrogens is 211 g/mol. The Balaban J connectivity index is 2.56. The van der Waals surface area contributed by atoms with E-state index in [0.29, 0.717) is 22.6 Å². The van der Waals surface area contributed by atoms with Gasteiger partial charge in [0.15, 0.2) is 11.5 Å². The van der Waals surface area contributed by atoms with Gasteiger partial charge in [-0.2, -0.15) is 0 Å². The smallest absolute Gasteiger partial charge is 0.231 e. The van der Waals surface area contributed by atoms with E-state index in [0.717, 1.165) is 0 Å². The maximum Gasteiger partial charge on any atom is 0.231 e. The number of ether oxygens (including phenoxy) is 2. The van der Waals surface area contributed by atoms with Crippen LogP contribution in [0, 0.1) is 0 Å². The summed E-state index contributed by atoms with van der Waals surface area (Å²) < 4.78 is 24.3. The van der Waals surface area contributed by atoms with Gasteiger partial charge in [0.1, 0.15) is 5.67 Å². The van der Waals surface area contributed by atoms with E-state index in [4.69, 9.17) is 9.47 Å². The predicted octanol–water partition coefficient (Wildman–Crippen LogP) is 2.67. The van der Waals surface area contributed by atoms with Gasteiger partial charge < -0.3 is 14.6 Å². The normalized spacial score (nSPS) is 16.3. The fraction of sp³-hybridized carbons (Fsp3) is 0.500. The Kier molecular flexibility index (Phi) is 2.54. The second-order valence-corrected chi connectivity index (χ2v) is 4.45. The molecule has 1 aliphatic rings. The molecule has 1 heterocycles. The molecule has 2 rings (SSSR count). The molecule has 16 heavy (non-hydrogen) atoms. The van der Waals surface area contributed by atoms with Gasteiger partial charge in [0.25, 0.3) is 0 Å². The summed E-state index contributed by atoms with van der Waals surface area (Å²) in [6, 6.07) is 3.24. The molecule has 1 aromatic carbocycles. The van der Waals surface area contributed by atoms with E-state index in [9.17, 15) is 9.50 Å². The zero-order valence-corrected chi connectivity index (χ0v) is 9.58. The fourth-order valence-corrected chi connectivity index (χ4v) is 1.69. The van der Waals surface area contributed by atoms with Gasteiger partial charge in [-0.1, -0.05) is 0 Å². The number of hydrogen-bond donors (Lipinski definition) is 1. The second-order valence-electron chi connectivity index (χ2n) is 4.45. The van der Waals surface area contributed by atoms with Gasteiger partial charge in [0.05, 0.1) is 6.10 Å². The summed E-state index contributed by atoms with van der Waals surface area (Å²) in [5, 5.41) is 9.62. The molecule has 1 aromatic rings. The lowest BCUT2D eigenvalue weighted by atomic mass is 9.95. The molecule has 4 heteroatoms. The Morgan fingerprint density at radius 3 is 2.62 bits per heavy atom. The van der Waals surface area contributed by atoms with Crippen molar-refractivity contribution in [2.45, 2.75) is 32.5 Å². The first-order chi connectivity index (χ1) is 7.39. The average molecular weight is 226 g/mol. The van der Waals surface area contributed by atoms with Crippen LogP contribution < -0.4 is 9.47 Å². The quantitative estimate of drug-likeness (QED) is 0.842. The van der Waals surface area contributed by atoms with Crippen LogP contribution in [0.2, 0.25) is 0 Å². The highest BCUT2D eigenvalue weighted by atomic mass is 19.1. The molecule has 1 N–H and O–H groups in total. The van der Waals surface area contributed by atoms with Crippen LogP contribution in [0.3, 0.4) is 0 Å². The minimum atomic E-state index is -1.47. The molecule has 0 fully saturated rings. The lowest BCUT2D eigenvalue weighted by Crippen LogP contribution is -2.10. The molecule has 1 aliphatic heterocycles. The van der Waals surface area contributed by atoms with E-state index in [1.165, 1.54) is 13.8 Å². The molecular formula is C12H15FO3. The molecule has 0 radical (unpaired) electrons. The van der Waals surface area contributed by atoms with Gasteiger partial charge in [0, 0.05) is 5.56 Å². The first-order valence-electron chi connectivity index (χ1n) is 5.20. The number of rotatable bonds is 2. The van der Waals surface area contributed by atoms with Gasteiger partial charge >= 0.3 is 0 Å². The molecule has 3 nitrogen and oxygen atoms in total. The first-order valence-corrected chi connectivity index (χ1v) is 5.20. The minimum absolute atomic E-state index is 0.116. The molecule has 1 atom stereocenters. The molecule has 88 valence electrons. The van der Waals surface area contributed by atoms with Crippen LogP contribution in [-0.2, 0) is 5.67 Å². The van der Waals surface area contributed by atoms with Gasteiger partial charge in [-0.15, -0.1) is 0 Å². The summed E-state index contributed by atoms with van der Waals surface area (Å²) in [4.78, 5) is 0. The molecule has 0 amide bonds. The summed E-state index contributed by atoms with van der Waals surface area (Å²) >= 11 is 0.